The number of hydrogen-bond acceptors (Lipinski definition) is 2. The topological polar surface area (TPSA) is 55.1 Å². The fourth-order valence-corrected chi connectivity index (χ4v) is 2.73. The van der Waals surface area contributed by atoms with Crippen molar-refractivity contribution in [3.8, 4) is 0 Å². The van der Waals surface area contributed by atoms with Crippen LogP contribution >= 0.6 is 23.8 Å². The fraction of sp³-hybridized carbons (Fsp3) is 0.385. The number of halogens is 1. The van der Waals surface area contributed by atoms with E-state index in [0.29, 0.717) is 15.6 Å². The van der Waals surface area contributed by atoms with Gasteiger partial charge in [0.15, 0.2) is 0 Å². The maximum Gasteiger partial charge on any atom is 0.251 e. The summed E-state index contributed by atoms with van der Waals surface area (Å²) in [5.74, 6) is 0.0241. The summed E-state index contributed by atoms with van der Waals surface area (Å²) >= 11 is 10.8. The summed E-state index contributed by atoms with van der Waals surface area (Å²) in [7, 11) is 0. The first-order valence-electron chi connectivity index (χ1n) is 5.93. The van der Waals surface area contributed by atoms with Crippen molar-refractivity contribution in [1.82, 2.24) is 5.32 Å². The molecule has 1 saturated carbocycles. The summed E-state index contributed by atoms with van der Waals surface area (Å²) in [6.07, 6.45) is 2.94. The molecule has 0 saturated heterocycles. The molecule has 1 aromatic carbocycles. The molecule has 0 aliphatic heterocycles. The van der Waals surface area contributed by atoms with Crippen LogP contribution in [0.3, 0.4) is 0 Å². The smallest absolute Gasteiger partial charge is 0.251 e. The molecule has 2 rings (SSSR count). The third-order valence-electron chi connectivity index (χ3n) is 3.30. The highest BCUT2D eigenvalue weighted by Crippen LogP contribution is 2.26. The molecule has 5 heteroatoms. The van der Waals surface area contributed by atoms with Crippen molar-refractivity contribution in [1.29, 1.82) is 0 Å². The third-order valence-corrected chi connectivity index (χ3v) is 3.86. The van der Waals surface area contributed by atoms with Gasteiger partial charge in [-0.25, -0.2) is 0 Å². The van der Waals surface area contributed by atoms with Gasteiger partial charge in [0.05, 0.1) is 4.99 Å². The lowest BCUT2D eigenvalue weighted by atomic mass is 10.0. The predicted molar refractivity (Wildman–Crippen MR) is 76.8 cm³/mol. The molecule has 0 bridgehead atoms. The van der Waals surface area contributed by atoms with E-state index >= 15 is 0 Å². The highest BCUT2D eigenvalue weighted by Gasteiger charge is 2.30. The lowest BCUT2D eigenvalue weighted by Gasteiger charge is -2.19. The van der Waals surface area contributed by atoms with Gasteiger partial charge in [-0.1, -0.05) is 30.2 Å². The molecule has 0 spiro atoms. The molecule has 3 N–H and O–H groups in total. The lowest BCUT2D eigenvalue weighted by Crippen LogP contribution is -2.41. The van der Waals surface area contributed by atoms with Crippen LogP contribution in [0.25, 0.3) is 0 Å². The molecule has 1 fully saturated rings. The maximum atomic E-state index is 12.0. The normalized spacial score (nSPS) is 22.7. The van der Waals surface area contributed by atoms with Crippen LogP contribution in [0.2, 0.25) is 5.02 Å². The monoisotopic (exact) mass is 282 g/mol. The van der Waals surface area contributed by atoms with E-state index in [1.165, 1.54) is 0 Å². The van der Waals surface area contributed by atoms with Crippen molar-refractivity contribution in [3.63, 3.8) is 0 Å². The zero-order chi connectivity index (χ0) is 13.1. The van der Waals surface area contributed by atoms with Crippen molar-refractivity contribution in [2.24, 2.45) is 11.7 Å². The van der Waals surface area contributed by atoms with Crippen LogP contribution in [0.1, 0.15) is 29.6 Å². The molecule has 2 unspecified atom stereocenters. The Kier molecular flexibility index (Phi) is 4.19. The first-order chi connectivity index (χ1) is 8.58. The van der Waals surface area contributed by atoms with E-state index in [1.54, 1.807) is 24.3 Å². The van der Waals surface area contributed by atoms with E-state index in [2.05, 4.69) is 5.32 Å². The standard InChI is InChI=1S/C13H15ClN2OS/c14-9-6-4-8(5-7-9)13(17)16-11-3-1-2-10(11)12(15)18/h4-7,10-11H,1-3H2,(H2,15,18)(H,16,17). The fourth-order valence-electron chi connectivity index (χ4n) is 2.33. The van der Waals surface area contributed by atoms with Crippen molar-refractivity contribution >= 4 is 34.7 Å². The third kappa shape index (κ3) is 3.00. The number of rotatable bonds is 3. The minimum absolute atomic E-state index is 0.0608. The zero-order valence-electron chi connectivity index (χ0n) is 9.86. The van der Waals surface area contributed by atoms with Crippen LogP contribution in [-0.2, 0) is 0 Å². The van der Waals surface area contributed by atoms with Gasteiger partial charge in [-0.05, 0) is 37.1 Å². The van der Waals surface area contributed by atoms with Crippen LogP contribution in [0.15, 0.2) is 24.3 Å². The summed E-state index contributed by atoms with van der Waals surface area (Å²) in [6.45, 7) is 0. The summed E-state index contributed by atoms with van der Waals surface area (Å²) in [5, 5.41) is 3.62. The molecule has 0 radical (unpaired) electrons. The van der Waals surface area contributed by atoms with Crippen molar-refractivity contribution in [2.75, 3.05) is 0 Å². The lowest BCUT2D eigenvalue weighted by molar-refractivity contribution is 0.0934. The molecule has 18 heavy (non-hydrogen) atoms. The highest BCUT2D eigenvalue weighted by atomic mass is 35.5. The van der Waals surface area contributed by atoms with Crippen molar-refractivity contribution in [3.05, 3.63) is 34.9 Å². The number of benzene rings is 1. The van der Waals surface area contributed by atoms with E-state index in [-0.39, 0.29) is 17.9 Å². The Balaban J connectivity index is 2.03. The average Bonchev–Trinajstić information content (AvgIpc) is 2.78. The van der Waals surface area contributed by atoms with Crippen molar-refractivity contribution < 1.29 is 4.79 Å². The molecule has 1 aliphatic rings. The maximum absolute atomic E-state index is 12.0. The van der Waals surface area contributed by atoms with E-state index < -0.39 is 0 Å². The molecule has 1 aliphatic carbocycles. The Labute approximate surface area is 117 Å². The Morgan fingerprint density at radius 3 is 2.61 bits per heavy atom. The van der Waals surface area contributed by atoms with Gasteiger partial charge in [-0.15, -0.1) is 0 Å². The van der Waals surface area contributed by atoms with Gasteiger partial charge >= 0.3 is 0 Å². The summed E-state index contributed by atoms with van der Waals surface area (Å²) in [6, 6.07) is 6.89. The van der Waals surface area contributed by atoms with Crippen LogP contribution in [0.5, 0.6) is 0 Å². The molecule has 3 nitrogen and oxygen atoms in total. The summed E-state index contributed by atoms with van der Waals surface area (Å²) < 4.78 is 0. The van der Waals surface area contributed by atoms with Gasteiger partial charge in [-0.3, -0.25) is 4.79 Å². The Morgan fingerprint density at radius 2 is 2.00 bits per heavy atom. The molecule has 1 amide bonds. The summed E-state index contributed by atoms with van der Waals surface area (Å²) in [4.78, 5) is 12.5. The number of carbonyl (C=O) groups excluding carboxylic acids is 1. The van der Waals surface area contributed by atoms with E-state index in [0.717, 1.165) is 19.3 Å². The predicted octanol–water partition coefficient (Wildman–Crippen LogP) is 2.52. The number of nitrogens with two attached hydrogens (primary N) is 1. The van der Waals surface area contributed by atoms with Crippen LogP contribution in [-0.4, -0.2) is 16.9 Å². The van der Waals surface area contributed by atoms with Gasteiger partial charge in [0.25, 0.3) is 5.91 Å². The quantitative estimate of drug-likeness (QED) is 0.838. The number of thiocarbonyl (C=S) groups is 1. The minimum Gasteiger partial charge on any atom is -0.393 e. The largest absolute Gasteiger partial charge is 0.393 e. The van der Waals surface area contributed by atoms with Crippen LogP contribution < -0.4 is 11.1 Å². The van der Waals surface area contributed by atoms with Gasteiger partial charge < -0.3 is 11.1 Å². The SMILES string of the molecule is NC(=S)C1CCCC1NC(=O)c1ccc(Cl)cc1. The van der Waals surface area contributed by atoms with Crippen LogP contribution in [0.4, 0.5) is 0 Å². The molecule has 96 valence electrons. The molecular weight excluding hydrogens is 268 g/mol. The summed E-state index contributed by atoms with van der Waals surface area (Å²) in [5.41, 5.74) is 6.29. The second-order valence-electron chi connectivity index (χ2n) is 4.53. The second kappa shape index (κ2) is 5.67. The first kappa shape index (κ1) is 13.3. The van der Waals surface area contributed by atoms with Crippen LogP contribution in [0, 0.1) is 5.92 Å². The van der Waals surface area contributed by atoms with E-state index in [4.69, 9.17) is 29.6 Å². The van der Waals surface area contributed by atoms with E-state index in [9.17, 15) is 4.79 Å². The Hall–Kier alpha value is -1.13. The molecule has 0 heterocycles. The Bertz CT molecular complexity index is 461. The molecular formula is C13H15ClN2OS. The zero-order valence-corrected chi connectivity index (χ0v) is 11.4. The number of nitrogens with one attached hydrogen (secondary N) is 1. The van der Waals surface area contributed by atoms with Gasteiger partial charge in [-0.2, -0.15) is 0 Å². The second-order valence-corrected chi connectivity index (χ2v) is 5.43. The van der Waals surface area contributed by atoms with Gasteiger partial charge in [0.2, 0.25) is 0 Å². The van der Waals surface area contributed by atoms with Gasteiger partial charge in [0, 0.05) is 22.5 Å². The van der Waals surface area contributed by atoms with Gasteiger partial charge in [0.1, 0.15) is 0 Å². The molecule has 0 aromatic heterocycles. The Morgan fingerprint density at radius 1 is 1.33 bits per heavy atom. The average molecular weight is 283 g/mol. The number of carbonyl (C=O) groups is 1. The molecule has 2 atom stereocenters. The number of hydrogen-bond donors (Lipinski definition) is 2. The van der Waals surface area contributed by atoms with E-state index in [1.807, 2.05) is 0 Å². The number of amides is 1. The minimum atomic E-state index is -0.0974. The first-order valence-corrected chi connectivity index (χ1v) is 6.72. The molecule has 1 aromatic rings. The van der Waals surface area contributed by atoms with Crippen molar-refractivity contribution in [2.45, 2.75) is 25.3 Å². The highest BCUT2D eigenvalue weighted by molar-refractivity contribution is 7.80.